The maximum atomic E-state index is 5.13. The molecule has 0 aliphatic heterocycles. The number of aryl methyl sites for hydroxylation is 1. The van der Waals surface area contributed by atoms with Gasteiger partial charge in [0, 0.05) is 18.9 Å². The number of methoxy groups -OCH3 is 1. The lowest BCUT2D eigenvalue weighted by atomic mass is 10.1. The Balaban J connectivity index is 0.00000200. The second-order valence-corrected chi connectivity index (χ2v) is 4.47. The van der Waals surface area contributed by atoms with Crippen LogP contribution in [0.15, 0.2) is 49.1 Å². The number of hydrogen-bond donors (Lipinski definition) is 0. The molecule has 0 unspecified atom stereocenters. The largest absolute Gasteiger partial charge is 0.497 e. The summed E-state index contributed by atoms with van der Waals surface area (Å²) in [4.78, 5) is 4.03. The smallest absolute Gasteiger partial charge is 0.118 e. The highest BCUT2D eigenvalue weighted by atomic mass is 35.5. The van der Waals surface area contributed by atoms with Crippen LogP contribution in [-0.2, 0) is 6.54 Å². The van der Waals surface area contributed by atoms with E-state index in [1.807, 2.05) is 30.9 Å². The Morgan fingerprint density at radius 2 is 2.00 bits per heavy atom. The molecule has 0 bridgehead atoms. The van der Waals surface area contributed by atoms with E-state index in [4.69, 9.17) is 4.74 Å². The second kappa shape index (κ2) is 9.21. The van der Waals surface area contributed by atoms with Crippen LogP contribution in [-0.4, -0.2) is 16.7 Å². The average molecular weight is 293 g/mol. The van der Waals surface area contributed by atoms with E-state index >= 15 is 0 Å². The summed E-state index contributed by atoms with van der Waals surface area (Å²) >= 11 is 0. The molecular weight excluding hydrogens is 272 g/mol. The van der Waals surface area contributed by atoms with Gasteiger partial charge in [-0.25, -0.2) is 4.98 Å². The number of nitrogens with zero attached hydrogens (tertiary/aromatic N) is 2. The molecule has 0 N–H and O–H groups in total. The Kier molecular flexibility index (Phi) is 7.51. The van der Waals surface area contributed by atoms with E-state index in [0.29, 0.717) is 0 Å². The van der Waals surface area contributed by atoms with Crippen molar-refractivity contribution in [1.82, 2.24) is 9.55 Å². The number of benzene rings is 1. The third-order valence-electron chi connectivity index (χ3n) is 3.02. The van der Waals surface area contributed by atoms with E-state index in [0.717, 1.165) is 18.7 Å². The van der Waals surface area contributed by atoms with Crippen LogP contribution in [0.5, 0.6) is 5.75 Å². The maximum absolute atomic E-state index is 5.13. The molecule has 0 atom stereocenters. The van der Waals surface area contributed by atoms with Crippen molar-refractivity contribution in [3.8, 4) is 5.75 Å². The van der Waals surface area contributed by atoms with Crippen LogP contribution in [0.25, 0.3) is 6.08 Å². The van der Waals surface area contributed by atoms with Crippen molar-refractivity contribution in [2.45, 2.75) is 25.8 Å². The fraction of sp³-hybridized carbons (Fsp3) is 0.312. The lowest BCUT2D eigenvalue weighted by Gasteiger charge is -2.00. The lowest BCUT2D eigenvalue weighted by Crippen LogP contribution is -1.93. The van der Waals surface area contributed by atoms with Gasteiger partial charge in [0.2, 0.25) is 0 Å². The Bertz CT molecular complexity index is 492. The van der Waals surface area contributed by atoms with Gasteiger partial charge in [0.1, 0.15) is 5.75 Å². The fourth-order valence-electron chi connectivity index (χ4n) is 1.91. The number of hydrogen-bond acceptors (Lipinski definition) is 2. The summed E-state index contributed by atoms with van der Waals surface area (Å²) < 4.78 is 7.25. The van der Waals surface area contributed by atoms with Gasteiger partial charge in [0.25, 0.3) is 0 Å². The summed E-state index contributed by atoms with van der Waals surface area (Å²) in [6, 6.07) is 8.11. The van der Waals surface area contributed by atoms with Gasteiger partial charge >= 0.3 is 0 Å². The molecule has 3 nitrogen and oxygen atoms in total. The van der Waals surface area contributed by atoms with E-state index < -0.39 is 0 Å². The Morgan fingerprint density at radius 1 is 1.20 bits per heavy atom. The molecule has 2 aromatic rings. The van der Waals surface area contributed by atoms with Gasteiger partial charge in [-0.05, 0) is 37.0 Å². The standard InChI is InChI=1S/C16H20N2O.ClH/c1-19-16-9-7-15(8-10-16)6-4-2-3-5-12-18-13-11-17-14-18;/h4,6-11,13-14H,2-3,5,12H2,1H3;1H/b6-4+;. The lowest BCUT2D eigenvalue weighted by molar-refractivity contribution is 0.415. The fourth-order valence-corrected chi connectivity index (χ4v) is 1.91. The first-order valence-electron chi connectivity index (χ1n) is 6.65. The quantitative estimate of drug-likeness (QED) is 0.715. The van der Waals surface area contributed by atoms with Crippen LogP contribution in [0, 0.1) is 0 Å². The van der Waals surface area contributed by atoms with Gasteiger partial charge in [-0.1, -0.05) is 24.3 Å². The Morgan fingerprint density at radius 3 is 2.65 bits per heavy atom. The molecule has 108 valence electrons. The molecule has 0 spiro atoms. The number of imidazole rings is 1. The van der Waals surface area contributed by atoms with Crippen LogP contribution < -0.4 is 4.74 Å². The summed E-state index contributed by atoms with van der Waals surface area (Å²) in [6.45, 7) is 1.05. The van der Waals surface area contributed by atoms with Gasteiger partial charge in [-0.15, -0.1) is 12.4 Å². The van der Waals surface area contributed by atoms with Crippen LogP contribution >= 0.6 is 12.4 Å². The SMILES string of the molecule is COc1ccc(/C=C/CCCCn2ccnc2)cc1.Cl. The van der Waals surface area contributed by atoms with E-state index in [-0.39, 0.29) is 12.4 Å². The molecule has 1 heterocycles. The first kappa shape index (κ1) is 16.3. The normalized spacial score (nSPS) is 10.4. The molecule has 0 radical (unpaired) electrons. The summed E-state index contributed by atoms with van der Waals surface area (Å²) in [6.07, 6.45) is 13.6. The summed E-state index contributed by atoms with van der Waals surface area (Å²) in [7, 11) is 1.69. The molecule has 20 heavy (non-hydrogen) atoms. The van der Waals surface area contributed by atoms with Crippen LogP contribution in [0.3, 0.4) is 0 Å². The zero-order chi connectivity index (χ0) is 13.3. The molecule has 0 saturated carbocycles. The molecule has 0 fully saturated rings. The number of allylic oxidation sites excluding steroid dienone is 1. The third kappa shape index (κ3) is 5.49. The molecule has 0 aliphatic rings. The van der Waals surface area contributed by atoms with Crippen molar-refractivity contribution < 1.29 is 4.74 Å². The topological polar surface area (TPSA) is 27.1 Å². The molecule has 0 saturated heterocycles. The summed E-state index contributed by atoms with van der Waals surface area (Å²) in [5.74, 6) is 0.900. The van der Waals surface area contributed by atoms with Gasteiger partial charge < -0.3 is 9.30 Å². The summed E-state index contributed by atoms with van der Waals surface area (Å²) in [5.41, 5.74) is 1.22. The minimum Gasteiger partial charge on any atom is -0.497 e. The van der Waals surface area contributed by atoms with E-state index in [1.165, 1.54) is 18.4 Å². The molecule has 0 aliphatic carbocycles. The number of ether oxygens (including phenoxy) is 1. The third-order valence-corrected chi connectivity index (χ3v) is 3.02. The van der Waals surface area contributed by atoms with Crippen molar-refractivity contribution in [2.75, 3.05) is 7.11 Å². The van der Waals surface area contributed by atoms with E-state index in [9.17, 15) is 0 Å². The molecule has 1 aromatic heterocycles. The van der Waals surface area contributed by atoms with Crippen LogP contribution in [0.1, 0.15) is 24.8 Å². The molecule has 4 heteroatoms. The number of aromatic nitrogens is 2. The minimum atomic E-state index is 0. The first-order chi connectivity index (χ1) is 9.38. The highest BCUT2D eigenvalue weighted by molar-refractivity contribution is 5.85. The van der Waals surface area contributed by atoms with Gasteiger partial charge in [0.15, 0.2) is 0 Å². The second-order valence-electron chi connectivity index (χ2n) is 4.47. The number of rotatable bonds is 7. The van der Waals surface area contributed by atoms with Gasteiger partial charge in [0.05, 0.1) is 13.4 Å². The van der Waals surface area contributed by atoms with Crippen molar-refractivity contribution in [2.24, 2.45) is 0 Å². The van der Waals surface area contributed by atoms with Crippen molar-refractivity contribution in [3.05, 3.63) is 54.6 Å². The van der Waals surface area contributed by atoms with Crippen molar-refractivity contribution >= 4 is 18.5 Å². The van der Waals surface area contributed by atoms with Gasteiger partial charge in [-0.2, -0.15) is 0 Å². The van der Waals surface area contributed by atoms with E-state index in [2.05, 4.69) is 33.8 Å². The number of unbranched alkanes of at least 4 members (excludes halogenated alkanes) is 2. The first-order valence-corrected chi connectivity index (χ1v) is 6.65. The van der Waals surface area contributed by atoms with E-state index in [1.54, 1.807) is 7.11 Å². The molecule has 0 amide bonds. The maximum Gasteiger partial charge on any atom is 0.118 e. The van der Waals surface area contributed by atoms with Crippen molar-refractivity contribution in [1.29, 1.82) is 0 Å². The average Bonchev–Trinajstić information content (AvgIpc) is 2.96. The highest BCUT2D eigenvalue weighted by Gasteiger charge is 1.91. The zero-order valence-corrected chi connectivity index (χ0v) is 12.6. The van der Waals surface area contributed by atoms with Crippen LogP contribution in [0.4, 0.5) is 0 Å². The van der Waals surface area contributed by atoms with Crippen LogP contribution in [0.2, 0.25) is 0 Å². The zero-order valence-electron chi connectivity index (χ0n) is 11.7. The molecular formula is C16H21ClN2O. The Hall–Kier alpha value is -1.74. The minimum absolute atomic E-state index is 0. The predicted octanol–water partition coefficient (Wildman–Crippen LogP) is 4.20. The molecule has 2 rings (SSSR count). The summed E-state index contributed by atoms with van der Waals surface area (Å²) in [5, 5.41) is 0. The molecule has 1 aromatic carbocycles. The number of halogens is 1. The predicted molar refractivity (Wildman–Crippen MR) is 85.4 cm³/mol. The Labute approximate surface area is 126 Å². The highest BCUT2D eigenvalue weighted by Crippen LogP contribution is 2.12. The van der Waals surface area contributed by atoms with Gasteiger partial charge in [-0.3, -0.25) is 0 Å². The van der Waals surface area contributed by atoms with Crippen molar-refractivity contribution in [3.63, 3.8) is 0 Å². The monoisotopic (exact) mass is 292 g/mol.